The first-order valence-corrected chi connectivity index (χ1v) is 5.46. The molecule has 0 atom stereocenters. The van der Waals surface area contributed by atoms with Crippen molar-refractivity contribution in [1.29, 1.82) is 0 Å². The molecule has 3 heterocycles. The van der Waals surface area contributed by atoms with Crippen LogP contribution in [0.15, 0.2) is 27.7 Å². The fourth-order valence-corrected chi connectivity index (χ4v) is 2.30. The number of thiazole rings is 1. The number of aryl methyl sites for hydroxylation is 1. The smallest absolute Gasteiger partial charge is 0.291 e. The molecule has 0 radical (unpaired) electrons. The van der Waals surface area contributed by atoms with Crippen molar-refractivity contribution in [2.24, 2.45) is 0 Å². The van der Waals surface area contributed by atoms with Gasteiger partial charge in [0.15, 0.2) is 0 Å². The van der Waals surface area contributed by atoms with Gasteiger partial charge >= 0.3 is 0 Å². The molecule has 0 saturated carbocycles. The molecule has 5 nitrogen and oxygen atoms in total. The Labute approximate surface area is 93.7 Å². The summed E-state index contributed by atoms with van der Waals surface area (Å²) in [6.45, 7) is 1.86. The second kappa shape index (κ2) is 3.28. The quantitative estimate of drug-likeness (QED) is 0.617. The van der Waals surface area contributed by atoms with Gasteiger partial charge in [0, 0.05) is 6.08 Å². The van der Waals surface area contributed by atoms with Gasteiger partial charge in [-0.1, -0.05) is 11.3 Å². The number of furan rings is 1. The Morgan fingerprint density at radius 1 is 1.50 bits per heavy atom. The van der Waals surface area contributed by atoms with Gasteiger partial charge in [-0.05, 0) is 19.1 Å². The molecule has 3 rings (SSSR count). The Hall–Kier alpha value is -1.95. The predicted octanol–water partition coefficient (Wildman–Crippen LogP) is 0.600. The summed E-state index contributed by atoms with van der Waals surface area (Å²) in [4.78, 5) is 16.4. The molecule has 3 aromatic rings. The van der Waals surface area contributed by atoms with Crippen molar-refractivity contribution in [3.63, 3.8) is 0 Å². The summed E-state index contributed by atoms with van der Waals surface area (Å²) < 4.78 is 7.24. The number of hydrogen-bond acceptors (Lipinski definition) is 5. The largest absolute Gasteiger partial charge is 0.462 e. The highest BCUT2D eigenvalue weighted by Crippen LogP contribution is 2.07. The highest BCUT2D eigenvalue weighted by atomic mass is 32.1. The average Bonchev–Trinajstić information content (AvgIpc) is 2.90. The number of nitrogens with zero attached hydrogens (tertiary/aromatic N) is 3. The fraction of sp³-hybridized carbons (Fsp3) is 0.100. The molecule has 6 heteroatoms. The van der Waals surface area contributed by atoms with E-state index in [1.807, 2.05) is 19.1 Å². The molecule has 0 aliphatic rings. The maximum atomic E-state index is 11.8. The zero-order chi connectivity index (χ0) is 11.1. The number of fused-ring (bicyclic) bond motifs is 1. The van der Waals surface area contributed by atoms with E-state index in [2.05, 4.69) is 10.1 Å². The minimum Gasteiger partial charge on any atom is -0.462 e. The number of aromatic nitrogens is 3. The van der Waals surface area contributed by atoms with Gasteiger partial charge in [0.2, 0.25) is 4.96 Å². The third kappa shape index (κ3) is 1.35. The van der Waals surface area contributed by atoms with Crippen molar-refractivity contribution in [1.82, 2.24) is 14.6 Å². The van der Waals surface area contributed by atoms with Gasteiger partial charge < -0.3 is 4.42 Å². The number of rotatable bonds is 1. The van der Waals surface area contributed by atoms with E-state index in [4.69, 9.17) is 4.42 Å². The van der Waals surface area contributed by atoms with Crippen molar-refractivity contribution in [3.8, 4) is 0 Å². The van der Waals surface area contributed by atoms with E-state index in [-0.39, 0.29) is 5.56 Å². The third-order valence-electron chi connectivity index (χ3n) is 2.16. The second-order valence-electron chi connectivity index (χ2n) is 3.32. The lowest BCUT2D eigenvalue weighted by Crippen LogP contribution is -2.23. The van der Waals surface area contributed by atoms with Crippen molar-refractivity contribution >= 4 is 22.4 Å². The Morgan fingerprint density at radius 3 is 3.06 bits per heavy atom. The lowest BCUT2D eigenvalue weighted by molar-refractivity contribution is 0.525. The van der Waals surface area contributed by atoms with E-state index in [0.717, 1.165) is 5.76 Å². The molecule has 0 aliphatic carbocycles. The van der Waals surface area contributed by atoms with E-state index < -0.39 is 0 Å². The van der Waals surface area contributed by atoms with E-state index >= 15 is 0 Å². The predicted molar refractivity (Wildman–Crippen MR) is 59.4 cm³/mol. The van der Waals surface area contributed by atoms with Crippen LogP contribution < -0.4 is 10.1 Å². The van der Waals surface area contributed by atoms with Crippen molar-refractivity contribution in [3.05, 3.63) is 44.9 Å². The molecule has 0 saturated heterocycles. The Bertz CT molecular complexity index is 753. The van der Waals surface area contributed by atoms with Crippen LogP contribution in [-0.4, -0.2) is 14.6 Å². The van der Waals surface area contributed by atoms with Crippen LogP contribution in [0.1, 0.15) is 11.5 Å². The van der Waals surface area contributed by atoms with Gasteiger partial charge in [0.1, 0.15) is 22.4 Å². The minimum atomic E-state index is -0.161. The molecule has 0 aliphatic heterocycles. The molecule has 0 unspecified atom stereocenters. The summed E-state index contributed by atoms with van der Waals surface area (Å²) in [6, 6.07) is 3.68. The Kier molecular flexibility index (Phi) is 1.90. The maximum Gasteiger partial charge on any atom is 0.291 e. The highest BCUT2D eigenvalue weighted by molar-refractivity contribution is 7.15. The van der Waals surface area contributed by atoms with Crippen LogP contribution in [-0.2, 0) is 0 Å². The summed E-state index contributed by atoms with van der Waals surface area (Å²) in [5.74, 6) is 1.48. The molecule has 0 bridgehead atoms. The van der Waals surface area contributed by atoms with Gasteiger partial charge in [-0.15, -0.1) is 0 Å². The van der Waals surface area contributed by atoms with E-state index in [1.54, 1.807) is 6.08 Å². The van der Waals surface area contributed by atoms with Crippen LogP contribution in [0.4, 0.5) is 0 Å². The van der Waals surface area contributed by atoms with Crippen LogP contribution in [0.3, 0.4) is 0 Å². The minimum absolute atomic E-state index is 0.161. The lowest BCUT2D eigenvalue weighted by Gasteiger charge is -1.81. The van der Waals surface area contributed by atoms with Gasteiger partial charge in [0.25, 0.3) is 5.56 Å². The van der Waals surface area contributed by atoms with Gasteiger partial charge in [-0.25, -0.2) is 4.98 Å². The Balaban J connectivity index is 2.26. The molecular formula is C10H7N3O2S. The summed E-state index contributed by atoms with van der Waals surface area (Å²) >= 11 is 1.30. The first kappa shape index (κ1) is 9.29. The van der Waals surface area contributed by atoms with Gasteiger partial charge in [0.05, 0.1) is 0 Å². The zero-order valence-corrected chi connectivity index (χ0v) is 9.19. The standard InChI is InChI=1S/C10H7N3O2S/c1-6-2-3-7(15-6)4-8-9(14)13-10(16-8)11-5-12-13/h2-5H,1H3. The Morgan fingerprint density at radius 2 is 2.38 bits per heavy atom. The molecule has 0 fully saturated rings. The molecule has 0 N–H and O–H groups in total. The van der Waals surface area contributed by atoms with Crippen LogP contribution >= 0.6 is 11.3 Å². The van der Waals surface area contributed by atoms with Crippen LogP contribution in [0.5, 0.6) is 0 Å². The van der Waals surface area contributed by atoms with Crippen LogP contribution in [0.2, 0.25) is 0 Å². The zero-order valence-electron chi connectivity index (χ0n) is 8.38. The van der Waals surface area contributed by atoms with Crippen molar-refractivity contribution in [2.75, 3.05) is 0 Å². The molecule has 0 aromatic carbocycles. The molecule has 3 aromatic heterocycles. The van der Waals surface area contributed by atoms with E-state index in [1.165, 1.54) is 22.2 Å². The summed E-state index contributed by atoms with van der Waals surface area (Å²) in [5.41, 5.74) is -0.161. The second-order valence-corrected chi connectivity index (χ2v) is 4.33. The first-order chi connectivity index (χ1) is 7.74. The lowest BCUT2D eigenvalue weighted by atomic mass is 10.4. The SMILES string of the molecule is Cc1ccc(C=c2sc3ncnn3c2=O)o1. The first-order valence-electron chi connectivity index (χ1n) is 4.65. The van der Waals surface area contributed by atoms with Gasteiger partial charge in [-0.3, -0.25) is 4.79 Å². The van der Waals surface area contributed by atoms with E-state index in [9.17, 15) is 4.79 Å². The molecule has 16 heavy (non-hydrogen) atoms. The van der Waals surface area contributed by atoms with Gasteiger partial charge in [-0.2, -0.15) is 9.61 Å². The molecular weight excluding hydrogens is 226 g/mol. The summed E-state index contributed by atoms with van der Waals surface area (Å²) in [7, 11) is 0. The monoisotopic (exact) mass is 233 g/mol. The van der Waals surface area contributed by atoms with Crippen molar-refractivity contribution in [2.45, 2.75) is 6.92 Å². The molecule has 0 amide bonds. The number of hydrogen-bond donors (Lipinski definition) is 0. The topological polar surface area (TPSA) is 60.4 Å². The average molecular weight is 233 g/mol. The highest BCUT2D eigenvalue weighted by Gasteiger charge is 2.05. The summed E-state index contributed by atoms with van der Waals surface area (Å²) in [6.07, 6.45) is 3.07. The normalized spacial score (nSPS) is 12.7. The molecule has 80 valence electrons. The molecule has 0 spiro atoms. The van der Waals surface area contributed by atoms with E-state index in [0.29, 0.717) is 15.3 Å². The maximum absolute atomic E-state index is 11.8. The fourth-order valence-electron chi connectivity index (χ4n) is 1.44. The van der Waals surface area contributed by atoms with Crippen LogP contribution in [0, 0.1) is 6.92 Å². The third-order valence-corrected chi connectivity index (χ3v) is 3.13. The van der Waals surface area contributed by atoms with Crippen LogP contribution in [0.25, 0.3) is 11.0 Å². The van der Waals surface area contributed by atoms with Crippen molar-refractivity contribution < 1.29 is 4.42 Å². The summed E-state index contributed by atoms with van der Waals surface area (Å²) in [5, 5.41) is 3.84.